The third-order valence-electron chi connectivity index (χ3n) is 5.54. The molecule has 0 spiro atoms. The number of nitrogens with one attached hydrogen (secondary N) is 1. The maximum atomic E-state index is 12.8. The Morgan fingerprint density at radius 3 is 2.41 bits per heavy atom. The van der Waals surface area contributed by atoms with Crippen molar-refractivity contribution in [1.82, 2.24) is 4.90 Å². The number of hydrogen-bond donors (Lipinski definition) is 1. The van der Waals surface area contributed by atoms with Crippen molar-refractivity contribution < 1.29 is 9.59 Å². The fraction of sp³-hybridized carbons (Fsp3) is 0.364. The van der Waals surface area contributed by atoms with Gasteiger partial charge in [-0.1, -0.05) is 24.3 Å². The second kappa shape index (κ2) is 7.06. The van der Waals surface area contributed by atoms with Gasteiger partial charge in [0.25, 0.3) is 0 Å². The van der Waals surface area contributed by atoms with Crippen molar-refractivity contribution in [2.24, 2.45) is 11.8 Å². The van der Waals surface area contributed by atoms with Crippen LogP contribution < -0.4 is 10.2 Å². The number of amides is 2. The summed E-state index contributed by atoms with van der Waals surface area (Å²) < 4.78 is 0. The molecule has 2 atom stereocenters. The number of rotatable bonds is 4. The maximum absolute atomic E-state index is 12.8. The lowest BCUT2D eigenvalue weighted by Gasteiger charge is -2.29. The zero-order valence-electron chi connectivity index (χ0n) is 15.8. The largest absolute Gasteiger partial charge is 0.378 e. The molecule has 1 heterocycles. The molecule has 0 bridgehead atoms. The van der Waals surface area contributed by atoms with E-state index in [1.54, 1.807) is 0 Å². The van der Waals surface area contributed by atoms with Gasteiger partial charge in [-0.25, -0.2) is 0 Å². The molecular weight excluding hydrogens is 338 g/mol. The van der Waals surface area contributed by atoms with Crippen molar-refractivity contribution in [3.05, 3.63) is 59.7 Å². The predicted molar refractivity (Wildman–Crippen MR) is 107 cm³/mol. The molecule has 1 aliphatic carbocycles. The van der Waals surface area contributed by atoms with E-state index >= 15 is 0 Å². The molecule has 140 valence electrons. The maximum Gasteiger partial charge on any atom is 0.228 e. The van der Waals surface area contributed by atoms with E-state index in [2.05, 4.69) is 17.4 Å². The normalized spacial score (nSPS) is 20.6. The number of fused-ring (bicyclic) bond motifs is 1. The van der Waals surface area contributed by atoms with E-state index in [0.29, 0.717) is 13.0 Å². The van der Waals surface area contributed by atoms with Crippen LogP contribution in [0.5, 0.6) is 0 Å². The SMILES string of the molecule is CN(C)c1ccc(NC(=O)C2CC2C(=O)N2CCc3ccccc3C2)cc1. The van der Waals surface area contributed by atoms with Crippen LogP contribution in [-0.2, 0) is 22.6 Å². The van der Waals surface area contributed by atoms with E-state index in [4.69, 9.17) is 0 Å². The van der Waals surface area contributed by atoms with Crippen molar-refractivity contribution in [3.63, 3.8) is 0 Å². The molecule has 0 aromatic heterocycles. The fourth-order valence-corrected chi connectivity index (χ4v) is 3.75. The highest BCUT2D eigenvalue weighted by Crippen LogP contribution is 2.41. The minimum absolute atomic E-state index is 0.0524. The van der Waals surface area contributed by atoms with Crippen molar-refractivity contribution in [1.29, 1.82) is 0 Å². The Morgan fingerprint density at radius 2 is 1.70 bits per heavy atom. The van der Waals surface area contributed by atoms with Gasteiger partial charge in [-0.05, 0) is 48.2 Å². The average Bonchev–Trinajstić information content (AvgIpc) is 3.48. The first-order valence-electron chi connectivity index (χ1n) is 9.47. The number of nitrogens with zero attached hydrogens (tertiary/aromatic N) is 2. The smallest absolute Gasteiger partial charge is 0.228 e. The van der Waals surface area contributed by atoms with E-state index in [-0.39, 0.29) is 23.7 Å². The van der Waals surface area contributed by atoms with E-state index in [0.717, 1.165) is 24.3 Å². The van der Waals surface area contributed by atoms with Crippen LogP contribution in [0.15, 0.2) is 48.5 Å². The molecule has 1 N–H and O–H groups in total. The standard InChI is InChI=1S/C22H25N3O2/c1-24(2)18-9-7-17(8-10-18)23-21(26)19-13-20(19)22(27)25-12-11-15-5-3-4-6-16(15)14-25/h3-10,19-20H,11-14H2,1-2H3,(H,23,26). The summed E-state index contributed by atoms with van der Waals surface area (Å²) in [6, 6.07) is 16.0. The summed E-state index contributed by atoms with van der Waals surface area (Å²) in [6.07, 6.45) is 1.54. The van der Waals surface area contributed by atoms with E-state index in [9.17, 15) is 9.59 Å². The highest BCUT2D eigenvalue weighted by atomic mass is 16.2. The summed E-state index contributed by atoms with van der Waals surface area (Å²) in [6.45, 7) is 1.40. The van der Waals surface area contributed by atoms with Crippen molar-refractivity contribution in [3.8, 4) is 0 Å². The van der Waals surface area contributed by atoms with Gasteiger partial charge in [0.2, 0.25) is 11.8 Å². The van der Waals surface area contributed by atoms with Gasteiger partial charge in [0.05, 0.1) is 11.8 Å². The highest BCUT2D eigenvalue weighted by molar-refractivity contribution is 5.99. The molecule has 1 aliphatic heterocycles. The first-order valence-corrected chi connectivity index (χ1v) is 9.47. The first kappa shape index (κ1) is 17.6. The van der Waals surface area contributed by atoms with Gasteiger partial charge >= 0.3 is 0 Å². The number of carbonyl (C=O) groups excluding carboxylic acids is 2. The summed E-state index contributed by atoms with van der Waals surface area (Å²) in [5, 5.41) is 2.95. The van der Waals surface area contributed by atoms with Gasteiger partial charge in [0, 0.05) is 38.6 Å². The minimum atomic E-state index is -0.205. The molecule has 2 aliphatic rings. The second-order valence-corrected chi connectivity index (χ2v) is 7.66. The summed E-state index contributed by atoms with van der Waals surface area (Å²) in [5.74, 6) is -0.310. The van der Waals surface area contributed by atoms with Crippen LogP contribution in [0.3, 0.4) is 0 Å². The molecule has 2 unspecified atom stereocenters. The van der Waals surface area contributed by atoms with Gasteiger partial charge in [-0.3, -0.25) is 9.59 Å². The summed E-state index contributed by atoms with van der Waals surface area (Å²) in [5.41, 5.74) is 4.40. The Hall–Kier alpha value is -2.82. The molecule has 0 saturated heterocycles. The lowest BCUT2D eigenvalue weighted by molar-refractivity contribution is -0.135. The van der Waals surface area contributed by atoms with Gasteiger partial charge in [-0.15, -0.1) is 0 Å². The molecule has 2 aromatic rings. The Balaban J connectivity index is 1.33. The van der Waals surface area contributed by atoms with Crippen LogP contribution in [0.1, 0.15) is 17.5 Å². The molecular formula is C22H25N3O2. The topological polar surface area (TPSA) is 52.7 Å². The third-order valence-corrected chi connectivity index (χ3v) is 5.54. The van der Waals surface area contributed by atoms with Crippen LogP contribution in [0.2, 0.25) is 0 Å². The van der Waals surface area contributed by atoms with Crippen molar-refractivity contribution in [2.75, 3.05) is 30.9 Å². The molecule has 1 fully saturated rings. The Labute approximate surface area is 160 Å². The van der Waals surface area contributed by atoms with Gasteiger partial charge in [0.1, 0.15) is 0 Å². The minimum Gasteiger partial charge on any atom is -0.378 e. The van der Waals surface area contributed by atoms with Crippen LogP contribution in [0.25, 0.3) is 0 Å². The van der Waals surface area contributed by atoms with Crippen molar-refractivity contribution >= 4 is 23.2 Å². The molecule has 4 rings (SSSR count). The molecule has 2 amide bonds. The Kier molecular flexibility index (Phi) is 4.60. The average molecular weight is 363 g/mol. The molecule has 5 heteroatoms. The zero-order chi connectivity index (χ0) is 19.0. The summed E-state index contributed by atoms with van der Waals surface area (Å²) in [4.78, 5) is 29.2. The van der Waals surface area contributed by atoms with E-state index in [1.807, 2.05) is 60.3 Å². The monoisotopic (exact) mass is 363 g/mol. The Bertz CT molecular complexity index is 860. The molecule has 1 saturated carbocycles. The Morgan fingerprint density at radius 1 is 1.00 bits per heavy atom. The molecule has 2 aromatic carbocycles. The molecule has 0 radical (unpaired) electrons. The second-order valence-electron chi connectivity index (χ2n) is 7.66. The van der Waals surface area contributed by atoms with Crippen LogP contribution in [0, 0.1) is 11.8 Å². The third kappa shape index (κ3) is 3.68. The number of benzene rings is 2. The van der Waals surface area contributed by atoms with Gasteiger partial charge in [-0.2, -0.15) is 0 Å². The number of carbonyl (C=O) groups is 2. The van der Waals surface area contributed by atoms with E-state index in [1.165, 1.54) is 11.1 Å². The van der Waals surface area contributed by atoms with Crippen LogP contribution >= 0.6 is 0 Å². The van der Waals surface area contributed by atoms with Crippen LogP contribution in [-0.4, -0.2) is 37.4 Å². The zero-order valence-corrected chi connectivity index (χ0v) is 15.8. The molecule has 27 heavy (non-hydrogen) atoms. The predicted octanol–water partition coefficient (Wildman–Crippen LogP) is 2.91. The van der Waals surface area contributed by atoms with Crippen LogP contribution in [0.4, 0.5) is 11.4 Å². The fourth-order valence-electron chi connectivity index (χ4n) is 3.75. The van der Waals surface area contributed by atoms with Crippen molar-refractivity contribution in [2.45, 2.75) is 19.4 Å². The first-order chi connectivity index (χ1) is 13.0. The van der Waals surface area contributed by atoms with E-state index < -0.39 is 0 Å². The number of hydrogen-bond acceptors (Lipinski definition) is 3. The lowest BCUT2D eigenvalue weighted by Crippen LogP contribution is -2.37. The quantitative estimate of drug-likeness (QED) is 0.909. The number of anilines is 2. The highest BCUT2D eigenvalue weighted by Gasteiger charge is 2.49. The summed E-state index contributed by atoms with van der Waals surface area (Å²) >= 11 is 0. The molecule has 5 nitrogen and oxygen atoms in total. The van der Waals surface area contributed by atoms with Gasteiger partial charge < -0.3 is 15.1 Å². The summed E-state index contributed by atoms with van der Waals surface area (Å²) in [7, 11) is 3.96. The van der Waals surface area contributed by atoms with Gasteiger partial charge in [0.15, 0.2) is 0 Å². The lowest BCUT2D eigenvalue weighted by atomic mass is 9.99.